The molecule has 1 aliphatic carbocycles. The lowest BCUT2D eigenvalue weighted by Crippen LogP contribution is -2.58. The molecule has 3 N–H and O–H groups in total. The summed E-state index contributed by atoms with van der Waals surface area (Å²) in [5.74, 6) is 0.581. The number of carbonyl (C=O) groups is 1. The third-order valence-corrected chi connectivity index (χ3v) is 6.23. The van der Waals surface area contributed by atoms with Crippen molar-refractivity contribution in [2.75, 3.05) is 12.8 Å². The lowest BCUT2D eigenvalue weighted by atomic mass is 9.70. The SMILES string of the molecule is CN1C(=O)c2c([nH]c(-c3ccnc(N)c3)c2-c2ccccc2)CC12CCC2. The van der Waals surface area contributed by atoms with E-state index in [9.17, 15) is 4.79 Å². The number of amides is 1. The summed E-state index contributed by atoms with van der Waals surface area (Å²) in [6.07, 6.45) is 5.93. The minimum atomic E-state index is -0.0164. The first-order valence-corrected chi connectivity index (χ1v) is 9.39. The number of nitrogens with one attached hydrogen (secondary N) is 1. The number of aromatic nitrogens is 2. The van der Waals surface area contributed by atoms with E-state index in [-0.39, 0.29) is 11.4 Å². The van der Waals surface area contributed by atoms with E-state index in [1.54, 1.807) is 6.20 Å². The number of nitrogens with two attached hydrogens (primary N) is 1. The van der Waals surface area contributed by atoms with Crippen LogP contribution in [0.2, 0.25) is 0 Å². The van der Waals surface area contributed by atoms with Gasteiger partial charge in [0.2, 0.25) is 0 Å². The molecule has 0 radical (unpaired) electrons. The van der Waals surface area contributed by atoms with E-state index >= 15 is 0 Å². The van der Waals surface area contributed by atoms with Crippen molar-refractivity contribution in [3.63, 3.8) is 0 Å². The quantitative estimate of drug-likeness (QED) is 0.730. The van der Waals surface area contributed by atoms with E-state index in [0.29, 0.717) is 5.82 Å². The van der Waals surface area contributed by atoms with Gasteiger partial charge in [-0.3, -0.25) is 4.79 Å². The first kappa shape index (κ1) is 16.1. The van der Waals surface area contributed by atoms with Gasteiger partial charge in [0.1, 0.15) is 5.82 Å². The standard InChI is InChI=1S/C22H22N4O/c1-26-21(27)19-16(13-22(26)9-5-10-22)25-20(15-8-11-24-17(23)12-15)18(19)14-6-3-2-4-7-14/h2-4,6-8,11-12,25H,5,9-10,13H2,1H3,(H2,23,24). The molecule has 1 saturated carbocycles. The summed E-state index contributed by atoms with van der Waals surface area (Å²) in [6, 6.07) is 13.9. The predicted molar refractivity (Wildman–Crippen MR) is 106 cm³/mol. The molecule has 1 amide bonds. The van der Waals surface area contributed by atoms with Crippen molar-refractivity contribution in [2.45, 2.75) is 31.2 Å². The zero-order chi connectivity index (χ0) is 18.6. The summed E-state index contributed by atoms with van der Waals surface area (Å²) >= 11 is 0. The minimum absolute atomic E-state index is 0.0164. The van der Waals surface area contributed by atoms with Crippen LogP contribution in [-0.4, -0.2) is 33.4 Å². The van der Waals surface area contributed by atoms with Gasteiger partial charge in [-0.05, 0) is 37.0 Å². The van der Waals surface area contributed by atoms with Gasteiger partial charge in [-0.2, -0.15) is 0 Å². The summed E-state index contributed by atoms with van der Waals surface area (Å²) < 4.78 is 0. The van der Waals surface area contributed by atoms with Crippen LogP contribution < -0.4 is 5.73 Å². The summed E-state index contributed by atoms with van der Waals surface area (Å²) in [7, 11) is 1.95. The largest absolute Gasteiger partial charge is 0.384 e. The van der Waals surface area contributed by atoms with Gasteiger partial charge in [-0.15, -0.1) is 0 Å². The molecule has 1 spiro atoms. The molecule has 0 bridgehead atoms. The summed E-state index contributed by atoms with van der Waals surface area (Å²) in [5.41, 5.74) is 11.6. The number of hydrogen-bond acceptors (Lipinski definition) is 3. The molecule has 3 aromatic rings. The van der Waals surface area contributed by atoms with E-state index in [2.05, 4.69) is 22.1 Å². The lowest BCUT2D eigenvalue weighted by molar-refractivity contribution is 0.0223. The number of fused-ring (bicyclic) bond motifs is 1. The number of anilines is 1. The van der Waals surface area contributed by atoms with Crippen LogP contribution in [0.5, 0.6) is 0 Å². The van der Waals surface area contributed by atoms with Gasteiger partial charge in [0.25, 0.3) is 5.91 Å². The van der Waals surface area contributed by atoms with Crippen LogP contribution >= 0.6 is 0 Å². The molecule has 5 heteroatoms. The third-order valence-electron chi connectivity index (χ3n) is 6.23. The van der Waals surface area contributed by atoms with Gasteiger partial charge in [0.05, 0.1) is 11.3 Å². The molecule has 1 aromatic carbocycles. The fourth-order valence-corrected chi connectivity index (χ4v) is 4.56. The Kier molecular flexibility index (Phi) is 3.41. The van der Waals surface area contributed by atoms with E-state index in [4.69, 9.17) is 5.73 Å². The van der Waals surface area contributed by atoms with Crippen LogP contribution in [0, 0.1) is 0 Å². The van der Waals surface area contributed by atoms with Crippen molar-refractivity contribution in [3.05, 3.63) is 59.9 Å². The molecule has 136 valence electrons. The summed E-state index contributed by atoms with van der Waals surface area (Å²) in [4.78, 5) is 23.1. The second-order valence-corrected chi connectivity index (χ2v) is 7.68. The van der Waals surface area contributed by atoms with E-state index in [1.807, 2.05) is 42.3 Å². The predicted octanol–water partition coefficient (Wildman–Crippen LogP) is 3.88. The third kappa shape index (κ3) is 2.31. The van der Waals surface area contributed by atoms with Crippen molar-refractivity contribution in [3.8, 4) is 22.4 Å². The number of likely N-dealkylation sites (N-methyl/N-ethyl adjacent to an activating group) is 1. The maximum atomic E-state index is 13.4. The van der Waals surface area contributed by atoms with Crippen molar-refractivity contribution < 1.29 is 4.79 Å². The van der Waals surface area contributed by atoms with Crippen LogP contribution in [0.15, 0.2) is 48.7 Å². The van der Waals surface area contributed by atoms with Gasteiger partial charge in [-0.1, -0.05) is 30.3 Å². The molecule has 0 unspecified atom stereocenters. The number of aromatic amines is 1. The number of nitrogen functional groups attached to an aromatic ring is 1. The molecule has 2 aromatic heterocycles. The molecular formula is C22H22N4O. The second kappa shape index (κ2) is 5.71. The van der Waals surface area contributed by atoms with Gasteiger partial charge < -0.3 is 15.6 Å². The summed E-state index contributed by atoms with van der Waals surface area (Å²) in [6.45, 7) is 0. The minimum Gasteiger partial charge on any atom is -0.384 e. The number of rotatable bonds is 2. The van der Waals surface area contributed by atoms with Crippen LogP contribution in [0.3, 0.4) is 0 Å². The van der Waals surface area contributed by atoms with Crippen LogP contribution in [0.4, 0.5) is 5.82 Å². The Balaban J connectivity index is 1.77. The van der Waals surface area contributed by atoms with Crippen LogP contribution in [0.25, 0.3) is 22.4 Å². The fraction of sp³-hybridized carbons (Fsp3) is 0.273. The van der Waals surface area contributed by atoms with Crippen molar-refractivity contribution >= 4 is 11.7 Å². The Morgan fingerprint density at radius 1 is 1.11 bits per heavy atom. The van der Waals surface area contributed by atoms with Crippen LogP contribution in [0.1, 0.15) is 35.3 Å². The lowest BCUT2D eigenvalue weighted by Gasteiger charge is -2.51. The number of H-pyrrole nitrogens is 1. The zero-order valence-electron chi connectivity index (χ0n) is 15.3. The number of nitrogens with zero attached hydrogens (tertiary/aromatic N) is 2. The normalized spacial score (nSPS) is 17.7. The Labute approximate surface area is 158 Å². The first-order valence-electron chi connectivity index (χ1n) is 9.39. The smallest absolute Gasteiger partial charge is 0.256 e. The Hall–Kier alpha value is -3.08. The highest BCUT2D eigenvalue weighted by Gasteiger charge is 2.48. The average Bonchev–Trinajstić information content (AvgIpc) is 3.03. The Morgan fingerprint density at radius 2 is 1.89 bits per heavy atom. The highest BCUT2D eigenvalue weighted by atomic mass is 16.2. The van der Waals surface area contributed by atoms with E-state index in [0.717, 1.165) is 52.9 Å². The van der Waals surface area contributed by atoms with Crippen molar-refractivity contribution in [1.29, 1.82) is 0 Å². The van der Waals surface area contributed by atoms with Gasteiger partial charge in [0.15, 0.2) is 0 Å². The number of benzene rings is 1. The van der Waals surface area contributed by atoms with Crippen molar-refractivity contribution in [1.82, 2.24) is 14.9 Å². The molecular weight excluding hydrogens is 336 g/mol. The van der Waals surface area contributed by atoms with Gasteiger partial charge in [0, 0.05) is 42.0 Å². The molecule has 2 aliphatic rings. The second-order valence-electron chi connectivity index (χ2n) is 7.68. The van der Waals surface area contributed by atoms with E-state index < -0.39 is 0 Å². The number of carbonyl (C=O) groups excluding carboxylic acids is 1. The highest BCUT2D eigenvalue weighted by Crippen LogP contribution is 2.47. The molecule has 27 heavy (non-hydrogen) atoms. The molecule has 1 fully saturated rings. The van der Waals surface area contributed by atoms with Crippen LogP contribution in [-0.2, 0) is 6.42 Å². The average molecular weight is 358 g/mol. The van der Waals surface area contributed by atoms with Crippen molar-refractivity contribution in [2.24, 2.45) is 0 Å². The molecule has 1 aliphatic heterocycles. The maximum absolute atomic E-state index is 13.4. The van der Waals surface area contributed by atoms with Gasteiger partial charge >= 0.3 is 0 Å². The number of hydrogen-bond donors (Lipinski definition) is 2. The Morgan fingerprint density at radius 3 is 2.56 bits per heavy atom. The maximum Gasteiger partial charge on any atom is 0.256 e. The number of pyridine rings is 1. The molecule has 0 saturated heterocycles. The Bertz CT molecular complexity index is 1030. The topological polar surface area (TPSA) is 75.0 Å². The monoisotopic (exact) mass is 358 g/mol. The fourth-order valence-electron chi connectivity index (χ4n) is 4.56. The molecule has 5 rings (SSSR count). The summed E-state index contributed by atoms with van der Waals surface area (Å²) in [5, 5.41) is 0. The molecule has 5 nitrogen and oxygen atoms in total. The van der Waals surface area contributed by atoms with E-state index in [1.165, 1.54) is 6.42 Å². The first-order chi connectivity index (χ1) is 13.1. The molecule has 0 atom stereocenters. The molecule has 3 heterocycles. The highest BCUT2D eigenvalue weighted by molar-refractivity contribution is 6.07. The zero-order valence-corrected chi connectivity index (χ0v) is 15.3. The van der Waals surface area contributed by atoms with Gasteiger partial charge in [-0.25, -0.2) is 4.98 Å².